The predicted molar refractivity (Wildman–Crippen MR) is 123 cm³/mol. The quantitative estimate of drug-likeness (QED) is 0.507. The van der Waals surface area contributed by atoms with Crippen LogP contribution in [0.2, 0.25) is 0 Å². The van der Waals surface area contributed by atoms with Crippen molar-refractivity contribution in [2.75, 3.05) is 5.32 Å². The van der Waals surface area contributed by atoms with Crippen molar-refractivity contribution in [1.82, 2.24) is 0 Å². The van der Waals surface area contributed by atoms with E-state index in [1.54, 1.807) is 30.3 Å². The van der Waals surface area contributed by atoms with Gasteiger partial charge in [0, 0.05) is 23.7 Å². The molecule has 3 aromatic carbocycles. The Labute approximate surface area is 184 Å². The Balaban J connectivity index is 1.54. The van der Waals surface area contributed by atoms with Crippen molar-refractivity contribution in [1.29, 1.82) is 0 Å². The number of benzene rings is 3. The predicted octanol–water partition coefficient (Wildman–Crippen LogP) is 5.03. The molecule has 0 bridgehead atoms. The van der Waals surface area contributed by atoms with Gasteiger partial charge in [-0.05, 0) is 17.7 Å². The van der Waals surface area contributed by atoms with E-state index in [1.807, 2.05) is 54.6 Å². The second-order valence-corrected chi connectivity index (χ2v) is 7.88. The van der Waals surface area contributed by atoms with Crippen LogP contribution in [-0.4, -0.2) is 23.4 Å². The summed E-state index contributed by atoms with van der Waals surface area (Å²) < 4.78 is 6.19. The number of nitrogens with zero attached hydrogens (tertiary/aromatic N) is 1. The maximum Gasteiger partial charge on any atom is 0.196 e. The molecule has 1 atom stereocenters. The van der Waals surface area contributed by atoms with Gasteiger partial charge in [0.1, 0.15) is 11.4 Å². The van der Waals surface area contributed by atoms with E-state index >= 15 is 0 Å². The summed E-state index contributed by atoms with van der Waals surface area (Å²) in [6, 6.07) is 18.6. The van der Waals surface area contributed by atoms with Gasteiger partial charge >= 0.3 is 0 Å². The maximum atomic E-state index is 13.6. The van der Waals surface area contributed by atoms with Gasteiger partial charge in [-0.25, -0.2) is 4.99 Å². The van der Waals surface area contributed by atoms with Crippen LogP contribution in [-0.2, 0) is 6.54 Å². The molecule has 0 aromatic heterocycles. The first kappa shape index (κ1) is 18.5. The summed E-state index contributed by atoms with van der Waals surface area (Å²) >= 11 is 0. The number of ether oxygens (including phenoxy) is 1. The van der Waals surface area contributed by atoms with Crippen molar-refractivity contribution in [3.8, 4) is 5.75 Å². The first-order valence-corrected chi connectivity index (χ1v) is 10.5. The molecule has 5 heteroatoms. The van der Waals surface area contributed by atoms with E-state index in [0.717, 1.165) is 5.56 Å². The van der Waals surface area contributed by atoms with Crippen LogP contribution >= 0.6 is 0 Å². The van der Waals surface area contributed by atoms with E-state index in [2.05, 4.69) is 5.32 Å². The van der Waals surface area contributed by atoms with Crippen LogP contribution in [0.4, 0.5) is 11.4 Å². The van der Waals surface area contributed by atoms with Gasteiger partial charge in [0.2, 0.25) is 0 Å². The summed E-state index contributed by atoms with van der Waals surface area (Å²) in [4.78, 5) is 31.9. The number of hydrogen-bond acceptors (Lipinski definition) is 5. The first-order valence-electron chi connectivity index (χ1n) is 10.5. The summed E-state index contributed by atoms with van der Waals surface area (Å²) in [5.74, 6) is 0.0973. The summed E-state index contributed by atoms with van der Waals surface area (Å²) in [6.07, 6.45) is 7.26. The molecule has 154 valence electrons. The highest BCUT2D eigenvalue weighted by atomic mass is 16.5. The normalized spacial score (nSPS) is 17.5. The van der Waals surface area contributed by atoms with Gasteiger partial charge in [0.05, 0.1) is 22.5 Å². The molecular weight excluding hydrogens is 400 g/mol. The van der Waals surface area contributed by atoms with Crippen molar-refractivity contribution in [3.05, 3.63) is 113 Å². The zero-order chi connectivity index (χ0) is 21.7. The molecule has 5 nitrogen and oxygen atoms in total. The molecule has 0 saturated carbocycles. The van der Waals surface area contributed by atoms with Crippen molar-refractivity contribution >= 4 is 28.7 Å². The zero-order valence-corrected chi connectivity index (χ0v) is 17.0. The van der Waals surface area contributed by atoms with Crippen molar-refractivity contribution < 1.29 is 14.3 Å². The molecule has 0 spiro atoms. The second-order valence-electron chi connectivity index (χ2n) is 7.88. The lowest BCUT2D eigenvalue weighted by Crippen LogP contribution is -2.30. The molecule has 1 N–H and O–H groups in total. The number of aliphatic imine (C=N–C) groups is 1. The Bertz CT molecular complexity index is 1380. The fourth-order valence-corrected chi connectivity index (χ4v) is 4.37. The third-order valence-electron chi connectivity index (χ3n) is 5.91. The van der Waals surface area contributed by atoms with E-state index in [9.17, 15) is 9.59 Å². The number of hydrogen-bond donors (Lipinski definition) is 1. The van der Waals surface area contributed by atoms with Gasteiger partial charge in [-0.1, -0.05) is 66.7 Å². The van der Waals surface area contributed by atoms with Crippen LogP contribution in [0.5, 0.6) is 5.75 Å². The summed E-state index contributed by atoms with van der Waals surface area (Å²) in [5.41, 5.74) is 4.24. The number of carbonyl (C=O) groups is 2. The average Bonchev–Trinajstić information content (AvgIpc) is 2.84. The van der Waals surface area contributed by atoms with Gasteiger partial charge < -0.3 is 10.1 Å². The average molecular weight is 418 g/mol. The van der Waals surface area contributed by atoms with E-state index in [-0.39, 0.29) is 17.7 Å². The molecule has 1 aliphatic heterocycles. The largest absolute Gasteiger partial charge is 0.478 e. The van der Waals surface area contributed by atoms with Crippen LogP contribution < -0.4 is 10.1 Å². The molecule has 0 fully saturated rings. The van der Waals surface area contributed by atoms with Crippen LogP contribution in [0.25, 0.3) is 0 Å². The summed E-state index contributed by atoms with van der Waals surface area (Å²) in [5, 5.41) is 3.36. The Hall–Kier alpha value is -4.25. The summed E-state index contributed by atoms with van der Waals surface area (Å²) in [7, 11) is 0. The maximum absolute atomic E-state index is 13.6. The summed E-state index contributed by atoms with van der Waals surface area (Å²) in [6.45, 7) is 0.510. The third-order valence-corrected chi connectivity index (χ3v) is 5.91. The SMILES string of the molecule is O=C1c2ccccc2C(=O)c2c3c(cc(NCc4ccccc4)c21)OC1C=CC=CC1=N3. The van der Waals surface area contributed by atoms with Gasteiger partial charge in [-0.15, -0.1) is 0 Å². The van der Waals surface area contributed by atoms with E-state index in [0.29, 0.717) is 51.6 Å². The van der Waals surface area contributed by atoms with Gasteiger partial charge in [-0.3, -0.25) is 9.59 Å². The fraction of sp³-hybridized carbons (Fsp3) is 0.0741. The standard InChI is InChI=1S/C27H18N2O3/c30-26-17-10-4-5-11-18(17)27(31)24-23(26)20(28-15-16-8-2-1-3-9-16)14-22-25(24)29-19-12-6-7-13-21(19)32-22/h1-14,21,28H,15H2. The minimum Gasteiger partial charge on any atom is -0.478 e. The molecule has 0 radical (unpaired) electrons. The Kier molecular flexibility index (Phi) is 4.15. The topological polar surface area (TPSA) is 67.8 Å². The molecule has 0 amide bonds. The van der Waals surface area contributed by atoms with Crippen molar-refractivity contribution in [2.24, 2.45) is 4.99 Å². The van der Waals surface area contributed by atoms with Crippen LogP contribution in [0.15, 0.2) is 90.0 Å². The number of fused-ring (bicyclic) bond motifs is 5. The second kappa shape index (κ2) is 7.17. The molecule has 3 aliphatic rings. The highest BCUT2D eigenvalue weighted by molar-refractivity contribution is 6.32. The molecule has 6 rings (SSSR count). The minimum absolute atomic E-state index is 0.185. The monoisotopic (exact) mass is 418 g/mol. The molecular formula is C27H18N2O3. The van der Waals surface area contributed by atoms with Gasteiger partial charge in [0.15, 0.2) is 17.7 Å². The molecule has 32 heavy (non-hydrogen) atoms. The van der Waals surface area contributed by atoms with E-state index in [1.165, 1.54) is 0 Å². The molecule has 1 heterocycles. The molecule has 3 aromatic rings. The Morgan fingerprint density at radius 3 is 2.38 bits per heavy atom. The minimum atomic E-state index is -0.311. The van der Waals surface area contributed by atoms with E-state index < -0.39 is 0 Å². The number of rotatable bonds is 3. The van der Waals surface area contributed by atoms with E-state index in [4.69, 9.17) is 9.73 Å². The first-order chi connectivity index (χ1) is 15.7. The highest BCUT2D eigenvalue weighted by Gasteiger charge is 2.37. The number of carbonyl (C=O) groups excluding carboxylic acids is 2. The van der Waals surface area contributed by atoms with Crippen LogP contribution in [0, 0.1) is 0 Å². The molecule has 1 unspecified atom stereocenters. The van der Waals surface area contributed by atoms with Gasteiger partial charge in [-0.2, -0.15) is 0 Å². The number of anilines is 1. The van der Waals surface area contributed by atoms with Crippen molar-refractivity contribution in [2.45, 2.75) is 12.6 Å². The zero-order valence-electron chi connectivity index (χ0n) is 17.0. The van der Waals surface area contributed by atoms with Gasteiger partial charge in [0.25, 0.3) is 0 Å². The smallest absolute Gasteiger partial charge is 0.196 e. The molecule has 2 aliphatic carbocycles. The number of nitrogens with one attached hydrogen (secondary N) is 1. The third kappa shape index (κ3) is 2.82. The number of ketones is 2. The Morgan fingerprint density at radius 2 is 1.59 bits per heavy atom. The van der Waals surface area contributed by atoms with Crippen LogP contribution in [0.1, 0.15) is 37.4 Å². The number of allylic oxidation sites excluding steroid dienone is 2. The highest BCUT2D eigenvalue weighted by Crippen LogP contribution is 2.46. The molecule has 0 saturated heterocycles. The lowest BCUT2D eigenvalue weighted by atomic mass is 9.81. The Morgan fingerprint density at radius 1 is 0.875 bits per heavy atom. The van der Waals surface area contributed by atoms with Crippen molar-refractivity contribution in [3.63, 3.8) is 0 Å². The lowest BCUT2D eigenvalue weighted by molar-refractivity contribution is 0.0979. The fourth-order valence-electron chi connectivity index (χ4n) is 4.37. The lowest BCUT2D eigenvalue weighted by Gasteiger charge is -2.29. The van der Waals surface area contributed by atoms with Crippen LogP contribution in [0.3, 0.4) is 0 Å².